The number of nitrogens with zero attached hydrogens (tertiary/aromatic N) is 6. The smallest absolute Gasteiger partial charge is 0.244 e. The van der Waals surface area contributed by atoms with Gasteiger partial charge in [-0.1, -0.05) is 64.8 Å². The van der Waals surface area contributed by atoms with E-state index in [1.165, 1.54) is 17.1 Å². The number of benzene rings is 3. The van der Waals surface area contributed by atoms with Crippen molar-refractivity contribution in [2.75, 3.05) is 5.73 Å². The molecule has 0 radical (unpaired) electrons. The fourth-order valence-corrected chi connectivity index (χ4v) is 5.13. The van der Waals surface area contributed by atoms with Crippen molar-refractivity contribution in [1.29, 1.82) is 0 Å². The lowest BCUT2D eigenvalue weighted by Crippen LogP contribution is -2.51. The maximum atomic E-state index is 13.2. The lowest BCUT2D eigenvalue weighted by molar-refractivity contribution is -0.117. The molecule has 0 saturated heterocycles. The number of nitrogen functional groups attached to an aromatic ring is 1. The van der Waals surface area contributed by atoms with Gasteiger partial charge in [0.05, 0.1) is 17.1 Å². The van der Waals surface area contributed by atoms with E-state index in [-0.39, 0.29) is 5.91 Å². The standard InChI is InChI=1S/C28H23Cl2N9O2/c29-20-8-10-23(39-16-33-37-38-39)18(13-20)6-11-25(40)34-22(12-17-4-2-1-3-5-17)27-32-15-28(30,35-27)19-7-9-21-24(14-19)41-36-26(21)31/h1-11,13-16,22,27,35H,12H2,(H2,31,36)(H,34,40)/t22-,27?,28?/m0/s1. The van der Waals surface area contributed by atoms with Crippen molar-refractivity contribution >= 4 is 58.2 Å². The van der Waals surface area contributed by atoms with E-state index in [1.54, 1.807) is 42.6 Å². The third kappa shape index (κ3) is 5.68. The molecule has 1 amide bonds. The summed E-state index contributed by atoms with van der Waals surface area (Å²) in [7, 11) is 0. The number of nitrogens with one attached hydrogen (secondary N) is 2. The van der Waals surface area contributed by atoms with E-state index in [9.17, 15) is 4.79 Å². The number of nitrogens with two attached hydrogens (primary N) is 1. The zero-order valence-corrected chi connectivity index (χ0v) is 22.9. The Balaban J connectivity index is 1.23. The molecule has 6 rings (SSSR count). The monoisotopic (exact) mass is 587 g/mol. The van der Waals surface area contributed by atoms with Gasteiger partial charge in [0.25, 0.3) is 0 Å². The number of tetrazole rings is 1. The van der Waals surface area contributed by atoms with Crippen molar-refractivity contribution in [3.8, 4) is 5.69 Å². The van der Waals surface area contributed by atoms with Crippen LogP contribution in [0.15, 0.2) is 88.6 Å². The van der Waals surface area contributed by atoms with Crippen molar-refractivity contribution in [1.82, 2.24) is 36.0 Å². The van der Waals surface area contributed by atoms with E-state index in [4.69, 9.17) is 33.5 Å². The second-order valence-corrected chi connectivity index (χ2v) is 10.5. The third-order valence-electron chi connectivity index (χ3n) is 6.70. The molecule has 2 aromatic heterocycles. The van der Waals surface area contributed by atoms with Crippen LogP contribution in [-0.2, 0) is 16.2 Å². The number of hydrogen-bond acceptors (Lipinski definition) is 9. The highest BCUT2D eigenvalue weighted by Crippen LogP contribution is 2.33. The van der Waals surface area contributed by atoms with E-state index in [1.807, 2.05) is 36.4 Å². The largest absolute Gasteiger partial charge is 0.380 e. The first-order chi connectivity index (χ1) is 19.9. The van der Waals surface area contributed by atoms with Crippen LogP contribution in [0.2, 0.25) is 5.02 Å². The lowest BCUT2D eigenvalue weighted by Gasteiger charge is -2.27. The molecule has 206 valence electrons. The van der Waals surface area contributed by atoms with Crippen LogP contribution in [0.3, 0.4) is 0 Å². The maximum Gasteiger partial charge on any atom is 0.244 e. The predicted octanol–water partition coefficient (Wildman–Crippen LogP) is 3.87. The van der Waals surface area contributed by atoms with Crippen molar-refractivity contribution in [3.05, 3.63) is 101 Å². The number of alkyl halides is 1. The summed E-state index contributed by atoms with van der Waals surface area (Å²) in [5.41, 5.74) is 9.44. The summed E-state index contributed by atoms with van der Waals surface area (Å²) in [5.74, 6) is -0.0150. The molecule has 1 aliphatic rings. The van der Waals surface area contributed by atoms with Crippen LogP contribution in [0.1, 0.15) is 16.7 Å². The SMILES string of the molecule is Nc1noc2cc(C3(Cl)C=NC([C@H](Cc4ccccc4)NC(=O)C=Cc4cc(Cl)ccc4-n4cnnn4)N3)ccc12. The van der Waals surface area contributed by atoms with Crippen molar-refractivity contribution < 1.29 is 9.32 Å². The fourth-order valence-electron chi connectivity index (χ4n) is 4.66. The average molecular weight is 588 g/mol. The first-order valence-corrected chi connectivity index (χ1v) is 13.4. The molecule has 4 N–H and O–H groups in total. The zero-order valence-electron chi connectivity index (χ0n) is 21.4. The number of anilines is 1. The molecule has 0 spiro atoms. The van der Waals surface area contributed by atoms with E-state index >= 15 is 0 Å². The molecule has 0 aliphatic carbocycles. The predicted molar refractivity (Wildman–Crippen MR) is 157 cm³/mol. The summed E-state index contributed by atoms with van der Waals surface area (Å²) in [5, 5.41) is 22.8. The second kappa shape index (κ2) is 11.1. The Morgan fingerprint density at radius 3 is 2.85 bits per heavy atom. The van der Waals surface area contributed by atoms with Crippen LogP contribution in [0.4, 0.5) is 5.82 Å². The molecule has 13 heteroatoms. The molecular formula is C28H23Cl2N9O2. The highest BCUT2D eigenvalue weighted by atomic mass is 35.5. The van der Waals surface area contributed by atoms with Gasteiger partial charge in [-0.3, -0.25) is 15.1 Å². The topological polar surface area (TPSA) is 149 Å². The summed E-state index contributed by atoms with van der Waals surface area (Å²) in [6.45, 7) is 0. The number of carbonyl (C=O) groups excluding carboxylic acids is 1. The molecule has 3 heterocycles. The van der Waals surface area contributed by atoms with Crippen LogP contribution in [0, 0.1) is 0 Å². The number of fused-ring (bicyclic) bond motifs is 1. The van der Waals surface area contributed by atoms with Crippen molar-refractivity contribution in [2.45, 2.75) is 23.6 Å². The minimum atomic E-state index is -1.13. The molecule has 2 unspecified atom stereocenters. The minimum Gasteiger partial charge on any atom is -0.380 e. The van der Waals surface area contributed by atoms with Gasteiger partial charge in [-0.25, -0.2) is 0 Å². The zero-order chi connectivity index (χ0) is 28.4. The lowest BCUT2D eigenvalue weighted by atomic mass is 10.0. The Morgan fingerprint density at radius 1 is 1.20 bits per heavy atom. The third-order valence-corrected chi connectivity index (χ3v) is 7.36. The summed E-state index contributed by atoms with van der Waals surface area (Å²) < 4.78 is 6.81. The minimum absolute atomic E-state index is 0.308. The van der Waals surface area contributed by atoms with Crippen molar-refractivity contribution in [3.63, 3.8) is 0 Å². The quantitative estimate of drug-likeness (QED) is 0.141. The highest BCUT2D eigenvalue weighted by Gasteiger charge is 2.39. The molecule has 0 fully saturated rings. The second-order valence-electron chi connectivity index (χ2n) is 9.45. The van der Waals surface area contributed by atoms with Gasteiger partial charge in [0, 0.05) is 22.9 Å². The fraction of sp³-hybridized carbons (Fsp3) is 0.143. The number of aliphatic imine (C=N–C) groups is 1. The van der Waals surface area contributed by atoms with Crippen LogP contribution in [0.5, 0.6) is 0 Å². The summed E-state index contributed by atoms with van der Waals surface area (Å²) in [6.07, 6.45) is 6.17. The summed E-state index contributed by atoms with van der Waals surface area (Å²) in [4.78, 5) is 16.7. The number of aromatic nitrogens is 5. The van der Waals surface area contributed by atoms with Gasteiger partial charge < -0.3 is 15.6 Å². The number of carbonyl (C=O) groups is 1. The number of halogens is 2. The Bertz CT molecular complexity index is 1760. The molecular weight excluding hydrogens is 565 g/mol. The normalized spacial score (nSPS) is 19.2. The van der Waals surface area contributed by atoms with Gasteiger partial charge >= 0.3 is 0 Å². The molecule has 0 saturated carbocycles. The molecule has 3 aromatic carbocycles. The first kappa shape index (κ1) is 26.6. The summed E-state index contributed by atoms with van der Waals surface area (Å²) >= 11 is 13.2. The number of rotatable bonds is 8. The molecule has 3 atom stereocenters. The van der Waals surface area contributed by atoms with Gasteiger partial charge in [0.15, 0.2) is 16.4 Å². The van der Waals surface area contributed by atoms with E-state index < -0.39 is 17.2 Å². The van der Waals surface area contributed by atoms with Gasteiger partial charge in [0.1, 0.15) is 12.5 Å². The van der Waals surface area contributed by atoms with E-state index in [0.717, 1.165) is 5.56 Å². The van der Waals surface area contributed by atoms with Gasteiger partial charge in [-0.05, 0) is 64.4 Å². The molecule has 41 heavy (non-hydrogen) atoms. The highest BCUT2D eigenvalue weighted by molar-refractivity contribution is 6.32. The molecule has 0 bridgehead atoms. The van der Waals surface area contributed by atoms with E-state index in [0.29, 0.717) is 45.0 Å². The Labute approximate surface area is 244 Å². The van der Waals surface area contributed by atoms with Gasteiger partial charge in [0.2, 0.25) is 5.91 Å². The number of hydrogen-bond donors (Lipinski definition) is 3. The Morgan fingerprint density at radius 2 is 2.05 bits per heavy atom. The van der Waals surface area contributed by atoms with Crippen LogP contribution in [0.25, 0.3) is 22.7 Å². The molecule has 5 aromatic rings. The molecule has 11 nitrogen and oxygen atoms in total. The van der Waals surface area contributed by atoms with Gasteiger partial charge in [-0.15, -0.1) is 5.10 Å². The average Bonchev–Trinajstić information content (AvgIpc) is 3.73. The Kier molecular flexibility index (Phi) is 7.23. The number of amides is 1. The van der Waals surface area contributed by atoms with Crippen molar-refractivity contribution in [2.24, 2.45) is 4.99 Å². The Hall–Kier alpha value is -4.58. The van der Waals surface area contributed by atoms with Crippen LogP contribution < -0.4 is 16.4 Å². The van der Waals surface area contributed by atoms with Gasteiger partial charge in [-0.2, -0.15) is 4.68 Å². The molecule has 1 aliphatic heterocycles. The van der Waals surface area contributed by atoms with Crippen LogP contribution >= 0.6 is 23.2 Å². The first-order valence-electron chi connectivity index (χ1n) is 12.6. The maximum absolute atomic E-state index is 13.2. The van der Waals surface area contributed by atoms with E-state index in [2.05, 4.69) is 36.3 Å². The summed E-state index contributed by atoms with van der Waals surface area (Å²) in [6, 6.07) is 20.0. The van der Waals surface area contributed by atoms with Crippen LogP contribution in [-0.4, -0.2) is 49.7 Å².